The van der Waals surface area contributed by atoms with E-state index >= 15 is 0 Å². The quantitative estimate of drug-likeness (QED) is 0.479. The fourth-order valence-corrected chi connectivity index (χ4v) is 4.17. The maximum absolute atomic E-state index is 12.2. The average Bonchev–Trinajstić information content (AvgIpc) is 3.17. The van der Waals surface area contributed by atoms with E-state index in [2.05, 4.69) is 0 Å². The maximum Gasteiger partial charge on any atom is 0.338 e. The second kappa shape index (κ2) is 10.5. The number of aliphatic hydroxyl groups is 2. The Bertz CT molecular complexity index is 1070. The van der Waals surface area contributed by atoms with E-state index in [0.29, 0.717) is 5.56 Å². The molecule has 6 nitrogen and oxygen atoms in total. The van der Waals surface area contributed by atoms with Crippen LogP contribution in [0.4, 0.5) is 0 Å². The Labute approximate surface area is 199 Å². The van der Waals surface area contributed by atoms with Gasteiger partial charge >= 0.3 is 5.97 Å². The summed E-state index contributed by atoms with van der Waals surface area (Å²) in [6.45, 7) is 3.27. The Morgan fingerprint density at radius 2 is 1.47 bits per heavy atom. The molecule has 1 aliphatic heterocycles. The fraction of sp³-hybridized carbons (Fsp3) is 0.321. The molecule has 1 saturated heterocycles. The second-order valence-electron chi connectivity index (χ2n) is 8.91. The average molecular weight is 463 g/mol. The first-order chi connectivity index (χ1) is 16.3. The summed E-state index contributed by atoms with van der Waals surface area (Å²) in [7, 11) is 0. The van der Waals surface area contributed by atoms with Crippen LogP contribution in [0.1, 0.15) is 42.3 Å². The molecule has 0 spiro atoms. The highest BCUT2D eigenvalue weighted by Gasteiger charge is 2.45. The minimum Gasteiger partial charge on any atom is -0.459 e. The van der Waals surface area contributed by atoms with Crippen LogP contribution in [0.15, 0.2) is 84.9 Å². The predicted octanol–water partition coefficient (Wildman–Crippen LogP) is 4.52. The van der Waals surface area contributed by atoms with E-state index in [4.69, 9.17) is 14.2 Å². The molecule has 0 aliphatic carbocycles. The number of carbonyl (C=O) groups is 1. The smallest absolute Gasteiger partial charge is 0.338 e. The first-order valence-electron chi connectivity index (χ1n) is 11.4. The van der Waals surface area contributed by atoms with Crippen molar-refractivity contribution in [2.75, 3.05) is 6.61 Å². The molecule has 34 heavy (non-hydrogen) atoms. The number of aliphatic hydroxyl groups excluding tert-OH is 2. The summed E-state index contributed by atoms with van der Waals surface area (Å²) < 4.78 is 17.2. The third-order valence-corrected chi connectivity index (χ3v) is 5.85. The van der Waals surface area contributed by atoms with Gasteiger partial charge in [-0.05, 0) is 42.7 Å². The molecule has 0 amide bonds. The largest absolute Gasteiger partial charge is 0.459 e. The zero-order chi connectivity index (χ0) is 24.1. The van der Waals surface area contributed by atoms with Crippen LogP contribution in [0.5, 0.6) is 0 Å². The molecule has 1 aliphatic rings. The van der Waals surface area contributed by atoms with E-state index in [1.54, 1.807) is 38.1 Å². The highest BCUT2D eigenvalue weighted by atomic mass is 16.8. The number of hydrogen-bond acceptors (Lipinski definition) is 6. The highest BCUT2D eigenvalue weighted by Crippen LogP contribution is 2.35. The van der Waals surface area contributed by atoms with Crippen LogP contribution in [0.25, 0.3) is 11.1 Å². The van der Waals surface area contributed by atoms with Gasteiger partial charge in [-0.2, -0.15) is 0 Å². The van der Waals surface area contributed by atoms with Gasteiger partial charge in [0.2, 0.25) is 0 Å². The Kier molecular flexibility index (Phi) is 7.44. The molecule has 4 rings (SSSR count). The maximum atomic E-state index is 12.2. The molecule has 4 atom stereocenters. The molecule has 1 heterocycles. The zero-order valence-electron chi connectivity index (χ0n) is 19.3. The number of carbonyl (C=O) groups excluding carboxylic acids is 1. The Morgan fingerprint density at radius 3 is 2.12 bits per heavy atom. The van der Waals surface area contributed by atoms with Gasteiger partial charge in [0.1, 0.15) is 18.8 Å². The van der Waals surface area contributed by atoms with Gasteiger partial charge in [0.15, 0.2) is 5.79 Å². The molecule has 0 aromatic heterocycles. The van der Waals surface area contributed by atoms with Crippen molar-refractivity contribution in [3.63, 3.8) is 0 Å². The van der Waals surface area contributed by atoms with Gasteiger partial charge in [0.25, 0.3) is 0 Å². The SMILES string of the molecule is CC1(C)O[C@H]([C@H](O)COC(=O)c2ccccc2)[C@@H](CC(O)c2ccc(-c3ccccc3)cc2)O1. The number of ether oxygens (including phenoxy) is 3. The number of benzene rings is 3. The van der Waals surface area contributed by atoms with Crippen molar-refractivity contribution < 1.29 is 29.2 Å². The van der Waals surface area contributed by atoms with Crippen molar-refractivity contribution in [1.29, 1.82) is 0 Å². The van der Waals surface area contributed by atoms with Crippen molar-refractivity contribution in [3.05, 3.63) is 96.1 Å². The lowest BCUT2D eigenvalue weighted by Crippen LogP contribution is -2.39. The van der Waals surface area contributed by atoms with Gasteiger partial charge in [0, 0.05) is 6.42 Å². The number of rotatable bonds is 8. The fourth-order valence-electron chi connectivity index (χ4n) is 4.17. The standard InChI is InChI=1S/C28H30O6/c1-28(2)33-25(26(34-28)24(30)18-32-27(31)22-11-7-4-8-12-22)17-23(29)21-15-13-20(14-16-21)19-9-5-3-6-10-19/h3-16,23-26,29-30H,17-18H2,1-2H3/t23?,24-,25-,26-/m1/s1. The molecule has 3 aromatic carbocycles. The number of esters is 1. The predicted molar refractivity (Wildman–Crippen MR) is 128 cm³/mol. The van der Waals surface area contributed by atoms with Crippen LogP contribution >= 0.6 is 0 Å². The topological polar surface area (TPSA) is 85.2 Å². The van der Waals surface area contributed by atoms with Gasteiger partial charge in [-0.3, -0.25) is 0 Å². The van der Waals surface area contributed by atoms with Crippen LogP contribution in [0.3, 0.4) is 0 Å². The van der Waals surface area contributed by atoms with E-state index < -0.39 is 36.2 Å². The van der Waals surface area contributed by atoms with Gasteiger partial charge in [-0.15, -0.1) is 0 Å². The summed E-state index contributed by atoms with van der Waals surface area (Å²) in [4.78, 5) is 12.2. The summed E-state index contributed by atoms with van der Waals surface area (Å²) in [5.41, 5.74) is 3.32. The van der Waals surface area contributed by atoms with Crippen LogP contribution in [-0.4, -0.2) is 46.9 Å². The monoisotopic (exact) mass is 462 g/mol. The molecular weight excluding hydrogens is 432 g/mol. The summed E-state index contributed by atoms with van der Waals surface area (Å²) in [6.07, 6.45) is -3.02. The second-order valence-corrected chi connectivity index (χ2v) is 8.91. The summed E-state index contributed by atoms with van der Waals surface area (Å²) >= 11 is 0. The summed E-state index contributed by atoms with van der Waals surface area (Å²) in [5, 5.41) is 21.6. The minimum absolute atomic E-state index is 0.225. The van der Waals surface area contributed by atoms with E-state index in [1.165, 1.54) is 0 Å². The van der Waals surface area contributed by atoms with Gasteiger partial charge < -0.3 is 24.4 Å². The van der Waals surface area contributed by atoms with E-state index in [0.717, 1.165) is 16.7 Å². The molecule has 178 valence electrons. The van der Waals surface area contributed by atoms with Crippen molar-refractivity contribution >= 4 is 5.97 Å². The molecular formula is C28H30O6. The molecule has 1 fully saturated rings. The lowest BCUT2D eigenvalue weighted by Gasteiger charge is -2.24. The Morgan fingerprint density at radius 1 is 0.882 bits per heavy atom. The zero-order valence-corrected chi connectivity index (χ0v) is 19.3. The molecule has 0 radical (unpaired) electrons. The molecule has 3 aromatic rings. The minimum atomic E-state index is -1.10. The third-order valence-electron chi connectivity index (χ3n) is 5.85. The molecule has 0 saturated carbocycles. The van der Waals surface area contributed by atoms with Crippen LogP contribution in [0, 0.1) is 0 Å². The molecule has 1 unspecified atom stereocenters. The van der Waals surface area contributed by atoms with Crippen LogP contribution in [0.2, 0.25) is 0 Å². The Balaban J connectivity index is 1.38. The van der Waals surface area contributed by atoms with Gasteiger partial charge in [-0.25, -0.2) is 4.79 Å². The Hall–Kier alpha value is -3.03. The van der Waals surface area contributed by atoms with Crippen LogP contribution in [-0.2, 0) is 14.2 Å². The molecule has 0 bridgehead atoms. The number of hydrogen-bond donors (Lipinski definition) is 2. The summed E-state index contributed by atoms with van der Waals surface area (Å²) in [5.74, 6) is -1.45. The molecule has 2 N–H and O–H groups in total. The van der Waals surface area contributed by atoms with Crippen molar-refractivity contribution in [2.24, 2.45) is 0 Å². The normalized spacial score (nSPS) is 21.1. The first-order valence-corrected chi connectivity index (χ1v) is 11.4. The van der Waals surface area contributed by atoms with Crippen molar-refractivity contribution in [3.8, 4) is 11.1 Å². The van der Waals surface area contributed by atoms with E-state index in [1.807, 2.05) is 60.7 Å². The lowest BCUT2D eigenvalue weighted by atomic mass is 9.96. The lowest BCUT2D eigenvalue weighted by molar-refractivity contribution is -0.158. The van der Waals surface area contributed by atoms with Crippen LogP contribution < -0.4 is 0 Å². The van der Waals surface area contributed by atoms with Gasteiger partial charge in [-0.1, -0.05) is 72.8 Å². The summed E-state index contributed by atoms with van der Waals surface area (Å²) in [6, 6.07) is 26.3. The first kappa shape index (κ1) is 24.1. The molecule has 6 heteroatoms. The van der Waals surface area contributed by atoms with Gasteiger partial charge in [0.05, 0.1) is 17.8 Å². The van der Waals surface area contributed by atoms with Crippen molar-refractivity contribution in [1.82, 2.24) is 0 Å². The third kappa shape index (κ3) is 5.90. The highest BCUT2D eigenvalue weighted by molar-refractivity contribution is 5.89. The van der Waals surface area contributed by atoms with Crippen molar-refractivity contribution in [2.45, 2.75) is 50.5 Å². The van der Waals surface area contributed by atoms with E-state index in [-0.39, 0.29) is 13.0 Å². The van der Waals surface area contributed by atoms with E-state index in [9.17, 15) is 15.0 Å².